The van der Waals surface area contributed by atoms with Crippen molar-refractivity contribution in [3.63, 3.8) is 0 Å². The van der Waals surface area contributed by atoms with Crippen molar-refractivity contribution in [2.45, 2.75) is 11.7 Å². The molecule has 2 saturated heterocycles. The zero-order valence-electron chi connectivity index (χ0n) is 17.4. The van der Waals surface area contributed by atoms with Gasteiger partial charge < -0.3 is 4.74 Å². The van der Waals surface area contributed by atoms with E-state index in [1.165, 1.54) is 24.3 Å². The van der Waals surface area contributed by atoms with Crippen LogP contribution < -0.4 is 4.90 Å². The summed E-state index contributed by atoms with van der Waals surface area (Å²) < 4.78 is 19.9. The molecule has 8 heteroatoms. The molecule has 2 fully saturated rings. The van der Waals surface area contributed by atoms with Gasteiger partial charge in [-0.15, -0.1) is 0 Å². The first-order valence-electron chi connectivity index (χ1n) is 10.6. The van der Waals surface area contributed by atoms with Crippen molar-refractivity contribution in [2.24, 2.45) is 11.8 Å². The molecule has 3 aromatic carbocycles. The fourth-order valence-corrected chi connectivity index (χ4v) is 5.51. The van der Waals surface area contributed by atoms with Gasteiger partial charge in [-0.2, -0.15) is 0 Å². The van der Waals surface area contributed by atoms with Crippen LogP contribution in [-0.4, -0.2) is 29.0 Å². The molecule has 34 heavy (non-hydrogen) atoms. The summed E-state index contributed by atoms with van der Waals surface area (Å²) >= 11 is 5.90. The normalized spacial score (nSPS) is 24.8. The number of hydrogen-bond donors (Lipinski definition) is 0. The van der Waals surface area contributed by atoms with Crippen molar-refractivity contribution in [1.82, 2.24) is 0 Å². The minimum absolute atomic E-state index is 0.0631. The predicted octanol–water partition coefficient (Wildman–Crippen LogP) is 4.17. The standard InChI is InChI=1S/C26H15ClFNO5/c27-17-12-14(10-11-18(17)28)29-24(32)19-20(25(29)33)26(34-21(19)13-6-2-1-3-7-13)22(30)15-8-4-5-9-16(15)23(26)31/h1-12,19-21H/t19-,20-,21+/m1/s1. The van der Waals surface area contributed by atoms with Gasteiger partial charge in [-0.05, 0) is 23.8 Å². The summed E-state index contributed by atoms with van der Waals surface area (Å²) in [5, 5.41) is -0.263. The maximum absolute atomic E-state index is 13.8. The van der Waals surface area contributed by atoms with Gasteiger partial charge in [0.25, 0.3) is 0 Å². The van der Waals surface area contributed by atoms with Crippen molar-refractivity contribution in [3.8, 4) is 0 Å². The quantitative estimate of drug-likeness (QED) is 0.410. The highest BCUT2D eigenvalue weighted by Gasteiger charge is 2.74. The molecular weight excluding hydrogens is 461 g/mol. The van der Waals surface area contributed by atoms with Crippen LogP contribution in [-0.2, 0) is 14.3 Å². The Morgan fingerprint density at radius 3 is 2.06 bits per heavy atom. The molecule has 0 aromatic heterocycles. The first kappa shape index (κ1) is 20.9. The number of carbonyl (C=O) groups is 4. The second-order valence-electron chi connectivity index (χ2n) is 8.50. The van der Waals surface area contributed by atoms with Crippen molar-refractivity contribution in [3.05, 3.63) is 100 Å². The molecule has 6 rings (SSSR count). The Balaban J connectivity index is 1.55. The Bertz CT molecular complexity index is 1390. The molecule has 3 atom stereocenters. The molecule has 6 nitrogen and oxygen atoms in total. The largest absolute Gasteiger partial charge is 0.349 e. The average molecular weight is 476 g/mol. The van der Waals surface area contributed by atoms with E-state index in [4.69, 9.17) is 16.3 Å². The average Bonchev–Trinajstić information content (AvgIpc) is 3.42. The van der Waals surface area contributed by atoms with Crippen LogP contribution in [0.2, 0.25) is 5.02 Å². The van der Waals surface area contributed by atoms with Gasteiger partial charge >= 0.3 is 0 Å². The summed E-state index contributed by atoms with van der Waals surface area (Å²) in [7, 11) is 0. The minimum atomic E-state index is -2.15. The molecule has 0 unspecified atom stereocenters. The first-order chi connectivity index (χ1) is 16.4. The SMILES string of the molecule is O=C1[C@H]2[C@H](c3ccccc3)OC3(C(=O)c4ccccc4C3=O)[C@H]2C(=O)N1c1ccc(F)c(Cl)c1. The van der Waals surface area contributed by atoms with Gasteiger partial charge in [-0.25, -0.2) is 9.29 Å². The maximum atomic E-state index is 13.8. The first-order valence-corrected chi connectivity index (χ1v) is 11.0. The van der Waals surface area contributed by atoms with Crippen LogP contribution >= 0.6 is 11.6 Å². The van der Waals surface area contributed by atoms with Crippen LogP contribution in [0.4, 0.5) is 10.1 Å². The summed E-state index contributed by atoms with van der Waals surface area (Å²) in [6.45, 7) is 0. The van der Waals surface area contributed by atoms with E-state index in [9.17, 15) is 23.6 Å². The number of rotatable bonds is 2. The van der Waals surface area contributed by atoms with E-state index in [0.717, 1.165) is 11.0 Å². The van der Waals surface area contributed by atoms with E-state index in [1.54, 1.807) is 42.5 Å². The molecule has 1 spiro atoms. The van der Waals surface area contributed by atoms with Crippen LogP contribution in [0.15, 0.2) is 72.8 Å². The van der Waals surface area contributed by atoms with Gasteiger partial charge in [-0.3, -0.25) is 19.2 Å². The molecule has 2 amide bonds. The maximum Gasteiger partial charge on any atom is 0.241 e. The fourth-order valence-electron chi connectivity index (χ4n) is 5.34. The Morgan fingerprint density at radius 2 is 1.44 bits per heavy atom. The highest BCUT2D eigenvalue weighted by Crippen LogP contribution is 2.57. The topological polar surface area (TPSA) is 80.8 Å². The molecule has 1 aliphatic carbocycles. The number of halogens is 2. The van der Waals surface area contributed by atoms with Crippen molar-refractivity contribution in [1.29, 1.82) is 0 Å². The predicted molar refractivity (Wildman–Crippen MR) is 119 cm³/mol. The lowest BCUT2D eigenvalue weighted by molar-refractivity contribution is -0.127. The Hall–Kier alpha value is -3.68. The van der Waals surface area contributed by atoms with Gasteiger partial charge in [0.15, 0.2) is 0 Å². The molecule has 0 radical (unpaired) electrons. The van der Waals surface area contributed by atoms with Crippen LogP contribution in [0.1, 0.15) is 32.4 Å². The highest BCUT2D eigenvalue weighted by molar-refractivity contribution is 6.37. The molecular formula is C26H15ClFNO5. The highest BCUT2D eigenvalue weighted by atomic mass is 35.5. The number of amides is 2. The molecule has 3 aliphatic rings. The van der Waals surface area contributed by atoms with E-state index in [-0.39, 0.29) is 21.8 Å². The van der Waals surface area contributed by atoms with Gasteiger partial charge in [0.1, 0.15) is 5.82 Å². The second-order valence-corrected chi connectivity index (χ2v) is 8.91. The summed E-state index contributed by atoms with van der Waals surface area (Å²) in [6, 6.07) is 18.4. The van der Waals surface area contributed by atoms with Crippen molar-refractivity contribution in [2.75, 3.05) is 4.90 Å². The second kappa shape index (κ2) is 7.16. The van der Waals surface area contributed by atoms with Crippen LogP contribution in [0.25, 0.3) is 0 Å². The summed E-state index contributed by atoms with van der Waals surface area (Å²) in [4.78, 5) is 55.6. The van der Waals surface area contributed by atoms with E-state index in [0.29, 0.717) is 5.56 Å². The lowest BCUT2D eigenvalue weighted by atomic mass is 9.77. The van der Waals surface area contributed by atoms with E-state index in [1.807, 2.05) is 0 Å². The third-order valence-corrected chi connectivity index (χ3v) is 7.10. The number of imide groups is 1. The molecule has 168 valence electrons. The molecule has 3 aromatic rings. The van der Waals surface area contributed by atoms with Crippen LogP contribution in [0.3, 0.4) is 0 Å². The van der Waals surface area contributed by atoms with E-state index >= 15 is 0 Å². The van der Waals surface area contributed by atoms with Gasteiger partial charge in [0, 0.05) is 11.1 Å². The minimum Gasteiger partial charge on any atom is -0.349 e. The summed E-state index contributed by atoms with van der Waals surface area (Å²) in [5.41, 5.74) is -1.22. The lowest BCUT2D eigenvalue weighted by Crippen LogP contribution is -2.51. The lowest BCUT2D eigenvalue weighted by Gasteiger charge is -2.27. The molecule has 2 aliphatic heterocycles. The number of ether oxygens (including phenoxy) is 1. The number of nitrogens with zero attached hydrogens (tertiary/aromatic N) is 1. The Kier molecular flexibility index (Phi) is 4.40. The zero-order valence-corrected chi connectivity index (χ0v) is 18.2. The van der Waals surface area contributed by atoms with E-state index < -0.39 is 52.7 Å². The fraction of sp³-hybridized carbons (Fsp3) is 0.154. The third-order valence-electron chi connectivity index (χ3n) is 6.81. The van der Waals surface area contributed by atoms with Crippen LogP contribution in [0, 0.1) is 17.7 Å². The van der Waals surface area contributed by atoms with Gasteiger partial charge in [-0.1, -0.05) is 66.2 Å². The number of fused-ring (bicyclic) bond motifs is 3. The van der Waals surface area contributed by atoms with Crippen LogP contribution in [0.5, 0.6) is 0 Å². The number of benzene rings is 3. The molecule has 2 heterocycles. The number of ketones is 2. The summed E-state index contributed by atoms with van der Waals surface area (Å²) in [6.07, 6.45) is -1.01. The van der Waals surface area contributed by atoms with Crippen molar-refractivity contribution < 1.29 is 28.3 Å². The summed E-state index contributed by atoms with van der Waals surface area (Å²) in [5.74, 6) is -5.88. The Morgan fingerprint density at radius 1 is 0.824 bits per heavy atom. The monoisotopic (exact) mass is 475 g/mol. The van der Waals surface area contributed by atoms with Gasteiger partial charge in [0.05, 0.1) is 28.6 Å². The smallest absolute Gasteiger partial charge is 0.241 e. The number of Topliss-reactive ketones (excluding diaryl/α,β-unsaturated/α-hetero) is 2. The molecule has 0 bridgehead atoms. The Labute approximate surface area is 197 Å². The molecule has 0 N–H and O–H groups in total. The third kappa shape index (κ3) is 2.53. The van der Waals surface area contributed by atoms with Crippen molar-refractivity contribution >= 4 is 40.7 Å². The number of carbonyl (C=O) groups excluding carboxylic acids is 4. The van der Waals surface area contributed by atoms with Gasteiger partial charge in [0.2, 0.25) is 29.0 Å². The molecule has 0 saturated carbocycles. The van der Waals surface area contributed by atoms with E-state index in [2.05, 4.69) is 0 Å². The zero-order chi connectivity index (χ0) is 23.8. The number of anilines is 1. The number of hydrogen-bond acceptors (Lipinski definition) is 5.